The number of ketones is 1. The molecule has 0 aromatic rings. The molecule has 0 unspecified atom stereocenters. The molecule has 2 atom stereocenters. The van der Waals surface area contributed by atoms with Gasteiger partial charge in [-0.25, -0.2) is 25.9 Å². The highest BCUT2D eigenvalue weighted by atomic mass is 32.2. The van der Waals surface area contributed by atoms with Crippen LogP contribution in [0.3, 0.4) is 0 Å². The summed E-state index contributed by atoms with van der Waals surface area (Å²) < 4.78 is 54.5. The smallest absolute Gasteiger partial charge is 0.216 e. The van der Waals surface area contributed by atoms with Gasteiger partial charge in [0.2, 0.25) is 20.0 Å². The normalized spacial score (nSPS) is 34.2. The molecule has 1 aliphatic heterocycles. The van der Waals surface area contributed by atoms with E-state index in [1.165, 1.54) is 0 Å². The minimum absolute atomic E-state index is 0.109. The Morgan fingerprint density at radius 3 is 2.18 bits per heavy atom. The number of Topliss-reactive ketones (excluding diaryl/α,β-unsaturated/α-hetero) is 1. The maximum atomic E-state index is 12.8. The van der Waals surface area contributed by atoms with Crippen molar-refractivity contribution in [1.29, 1.82) is 0 Å². The zero-order valence-electron chi connectivity index (χ0n) is 16.8. The molecule has 28 heavy (non-hydrogen) atoms. The van der Waals surface area contributed by atoms with Crippen molar-refractivity contribution < 1.29 is 21.6 Å². The highest BCUT2D eigenvalue weighted by Crippen LogP contribution is 2.64. The van der Waals surface area contributed by atoms with E-state index < -0.39 is 25.5 Å². The van der Waals surface area contributed by atoms with E-state index in [1.54, 1.807) is 4.31 Å². The Bertz CT molecular complexity index is 855. The van der Waals surface area contributed by atoms with E-state index in [0.29, 0.717) is 51.2 Å². The molecule has 7 nitrogen and oxygen atoms in total. The molecule has 3 saturated carbocycles. The lowest BCUT2D eigenvalue weighted by Gasteiger charge is -2.36. The summed E-state index contributed by atoms with van der Waals surface area (Å²) in [7, 11) is -6.70. The molecule has 0 spiro atoms. The van der Waals surface area contributed by atoms with Crippen molar-refractivity contribution in [3.05, 3.63) is 0 Å². The van der Waals surface area contributed by atoms with Crippen LogP contribution in [0.2, 0.25) is 0 Å². The molecular formula is C19H32N2O5S2. The van der Waals surface area contributed by atoms with Crippen LogP contribution in [-0.2, 0) is 24.8 Å². The Morgan fingerprint density at radius 1 is 1.04 bits per heavy atom. The fourth-order valence-electron chi connectivity index (χ4n) is 5.67. The Labute approximate surface area is 168 Å². The maximum absolute atomic E-state index is 12.8. The van der Waals surface area contributed by atoms with Gasteiger partial charge in [-0.1, -0.05) is 13.8 Å². The molecular weight excluding hydrogens is 400 g/mol. The second-order valence-corrected chi connectivity index (χ2v) is 13.9. The SMILES string of the molecule is CC1(C)[C@@H]2CC[C@@]1(CS(=O)(=O)NCC1CCN(S(=O)(=O)C3CC3)CC1)C(=O)C2. The molecule has 0 amide bonds. The summed E-state index contributed by atoms with van der Waals surface area (Å²) in [6.45, 7) is 5.36. The first kappa shape index (κ1) is 20.8. The molecule has 0 radical (unpaired) electrons. The number of carbonyl (C=O) groups is 1. The van der Waals surface area contributed by atoms with Crippen molar-refractivity contribution in [2.45, 2.75) is 64.0 Å². The maximum Gasteiger partial charge on any atom is 0.216 e. The van der Waals surface area contributed by atoms with Crippen molar-refractivity contribution in [3.8, 4) is 0 Å². The van der Waals surface area contributed by atoms with Gasteiger partial charge >= 0.3 is 0 Å². The lowest BCUT2D eigenvalue weighted by Crippen LogP contribution is -2.47. The number of nitrogens with zero attached hydrogens (tertiary/aromatic N) is 1. The average molecular weight is 433 g/mol. The predicted molar refractivity (Wildman–Crippen MR) is 107 cm³/mol. The van der Waals surface area contributed by atoms with E-state index >= 15 is 0 Å². The van der Waals surface area contributed by atoms with E-state index in [1.807, 2.05) is 13.8 Å². The number of nitrogens with one attached hydrogen (secondary N) is 1. The van der Waals surface area contributed by atoms with Gasteiger partial charge < -0.3 is 0 Å². The van der Waals surface area contributed by atoms with E-state index in [2.05, 4.69) is 4.72 Å². The number of rotatable bonds is 7. The molecule has 160 valence electrons. The van der Waals surface area contributed by atoms with E-state index in [4.69, 9.17) is 0 Å². The summed E-state index contributed by atoms with van der Waals surface area (Å²) in [5.41, 5.74) is -1.01. The van der Waals surface area contributed by atoms with E-state index in [0.717, 1.165) is 19.3 Å². The second-order valence-electron chi connectivity index (χ2n) is 9.86. The van der Waals surface area contributed by atoms with Gasteiger partial charge in [0.1, 0.15) is 5.78 Å². The summed E-state index contributed by atoms with van der Waals surface area (Å²) >= 11 is 0. The summed E-state index contributed by atoms with van der Waals surface area (Å²) in [4.78, 5) is 12.6. The predicted octanol–water partition coefficient (Wildman–Crippen LogP) is 1.51. The van der Waals surface area contributed by atoms with Crippen molar-refractivity contribution in [1.82, 2.24) is 9.03 Å². The van der Waals surface area contributed by atoms with Crippen molar-refractivity contribution in [2.75, 3.05) is 25.4 Å². The molecule has 9 heteroatoms. The van der Waals surface area contributed by atoms with Crippen molar-refractivity contribution in [2.24, 2.45) is 22.7 Å². The lowest BCUT2D eigenvalue weighted by atomic mass is 9.70. The van der Waals surface area contributed by atoms with Crippen LogP contribution in [0.25, 0.3) is 0 Å². The summed E-state index contributed by atoms with van der Waals surface area (Å²) in [5, 5.41) is -0.190. The fourth-order valence-corrected chi connectivity index (χ4v) is 9.46. The third-order valence-corrected chi connectivity index (χ3v) is 11.9. The Kier molecular flexibility index (Phi) is 5.00. The number of hydrogen-bond donors (Lipinski definition) is 1. The molecule has 4 fully saturated rings. The minimum atomic E-state index is -3.56. The molecule has 0 aromatic heterocycles. The van der Waals surface area contributed by atoms with Gasteiger partial charge in [0.05, 0.1) is 11.0 Å². The highest BCUT2D eigenvalue weighted by molar-refractivity contribution is 7.90. The van der Waals surface area contributed by atoms with Gasteiger partial charge in [-0.2, -0.15) is 0 Å². The Balaban J connectivity index is 1.32. The van der Waals surface area contributed by atoms with E-state index in [9.17, 15) is 21.6 Å². The largest absolute Gasteiger partial charge is 0.299 e. The molecule has 3 aliphatic carbocycles. The molecule has 0 aromatic carbocycles. The number of piperidine rings is 1. The Hall–Kier alpha value is -0.510. The van der Waals surface area contributed by atoms with Gasteiger partial charge in [-0.05, 0) is 55.8 Å². The first-order valence-corrected chi connectivity index (χ1v) is 13.6. The van der Waals surface area contributed by atoms with Gasteiger partial charge in [-0.15, -0.1) is 0 Å². The van der Waals surface area contributed by atoms with Crippen LogP contribution in [0.5, 0.6) is 0 Å². The summed E-state index contributed by atoms with van der Waals surface area (Å²) in [6.07, 6.45) is 4.98. The van der Waals surface area contributed by atoms with Crippen LogP contribution in [0.4, 0.5) is 0 Å². The number of sulfonamides is 2. The molecule has 1 heterocycles. The third-order valence-electron chi connectivity index (χ3n) is 8.05. The molecule has 1 N–H and O–H groups in total. The van der Waals surface area contributed by atoms with Crippen molar-refractivity contribution in [3.63, 3.8) is 0 Å². The second kappa shape index (κ2) is 6.75. The zero-order chi connectivity index (χ0) is 20.4. The topological polar surface area (TPSA) is 101 Å². The lowest BCUT2D eigenvalue weighted by molar-refractivity contribution is -0.128. The standard InChI is InChI=1S/C19H32N2O5S2/c1-18(2)15-5-8-19(18,17(22)11-15)13-27(23,24)20-12-14-6-9-21(10-7-14)28(25,26)16-3-4-16/h14-16,20H,3-13H2,1-2H3/t15-,19-/m1/s1. The number of hydrogen-bond acceptors (Lipinski definition) is 5. The minimum Gasteiger partial charge on any atom is -0.299 e. The van der Waals surface area contributed by atoms with Crippen LogP contribution < -0.4 is 4.72 Å². The van der Waals surface area contributed by atoms with Gasteiger partial charge in [-0.3, -0.25) is 4.79 Å². The quantitative estimate of drug-likeness (QED) is 0.657. The third kappa shape index (κ3) is 3.36. The average Bonchev–Trinajstić information content (AvgIpc) is 3.42. The highest BCUT2D eigenvalue weighted by Gasteiger charge is 2.65. The van der Waals surface area contributed by atoms with Crippen molar-refractivity contribution >= 4 is 25.8 Å². The van der Waals surface area contributed by atoms with Crippen LogP contribution >= 0.6 is 0 Å². The Morgan fingerprint density at radius 2 is 1.68 bits per heavy atom. The van der Waals surface area contributed by atoms with Gasteiger partial charge in [0.25, 0.3) is 0 Å². The first-order valence-electron chi connectivity index (χ1n) is 10.5. The van der Waals surface area contributed by atoms with Gasteiger partial charge in [0, 0.05) is 31.5 Å². The molecule has 2 bridgehead atoms. The van der Waals surface area contributed by atoms with E-state index in [-0.39, 0.29) is 28.1 Å². The van der Waals surface area contributed by atoms with Crippen LogP contribution in [0, 0.1) is 22.7 Å². The number of carbonyl (C=O) groups excluding carboxylic acids is 1. The molecule has 4 rings (SSSR count). The fraction of sp³-hybridized carbons (Fsp3) is 0.947. The number of fused-ring (bicyclic) bond motifs is 2. The zero-order valence-corrected chi connectivity index (χ0v) is 18.4. The summed E-state index contributed by atoms with van der Waals surface area (Å²) in [5.74, 6) is 0.434. The van der Waals surface area contributed by atoms with Crippen LogP contribution in [0.1, 0.15) is 58.8 Å². The summed E-state index contributed by atoms with van der Waals surface area (Å²) in [6, 6.07) is 0. The molecule has 1 saturated heterocycles. The first-order chi connectivity index (χ1) is 13.0. The van der Waals surface area contributed by atoms with Crippen LogP contribution in [0.15, 0.2) is 0 Å². The van der Waals surface area contributed by atoms with Gasteiger partial charge in [0.15, 0.2) is 0 Å². The molecule has 4 aliphatic rings. The monoisotopic (exact) mass is 432 g/mol. The van der Waals surface area contributed by atoms with Crippen LogP contribution in [-0.4, -0.2) is 57.6 Å².